The van der Waals surface area contributed by atoms with Crippen molar-refractivity contribution in [2.45, 2.75) is 50.2 Å². The zero-order chi connectivity index (χ0) is 19.3. The third kappa shape index (κ3) is 4.60. The number of amides is 1. The molecule has 0 radical (unpaired) electrons. The van der Waals surface area contributed by atoms with Gasteiger partial charge in [0.05, 0.1) is 12.4 Å². The third-order valence-corrected chi connectivity index (χ3v) is 5.92. The Morgan fingerprint density at radius 1 is 1.18 bits per heavy atom. The molecule has 1 aliphatic heterocycles. The van der Waals surface area contributed by atoms with Gasteiger partial charge >= 0.3 is 0 Å². The van der Waals surface area contributed by atoms with Crippen LogP contribution in [0.15, 0.2) is 29.4 Å². The first-order valence-electron chi connectivity index (χ1n) is 10.1. The van der Waals surface area contributed by atoms with E-state index in [9.17, 15) is 4.79 Å². The fraction of sp³-hybridized carbons (Fsp3) is 0.550. The predicted octanol–water partition coefficient (Wildman–Crippen LogP) is 3.73. The van der Waals surface area contributed by atoms with Crippen LogP contribution < -0.4 is 15.0 Å². The van der Waals surface area contributed by atoms with Gasteiger partial charge in [0.25, 0.3) is 0 Å². The SMILES string of the molecule is CCOc1ccc(NC(=O)CSc2nnc(N3CCCCC3)n2C2CC2)cc1. The number of thioether (sulfide) groups is 1. The van der Waals surface area contributed by atoms with Gasteiger partial charge in [0.2, 0.25) is 11.9 Å². The van der Waals surface area contributed by atoms with Crippen molar-refractivity contribution < 1.29 is 9.53 Å². The lowest BCUT2D eigenvalue weighted by Crippen LogP contribution is -2.32. The molecule has 1 saturated heterocycles. The molecule has 7 nitrogen and oxygen atoms in total. The summed E-state index contributed by atoms with van der Waals surface area (Å²) in [5.41, 5.74) is 0.770. The summed E-state index contributed by atoms with van der Waals surface area (Å²) in [4.78, 5) is 14.7. The van der Waals surface area contributed by atoms with E-state index in [1.807, 2.05) is 31.2 Å². The van der Waals surface area contributed by atoms with Crippen molar-refractivity contribution in [3.63, 3.8) is 0 Å². The van der Waals surface area contributed by atoms with Crippen LogP contribution >= 0.6 is 11.8 Å². The van der Waals surface area contributed by atoms with Crippen molar-refractivity contribution in [3.05, 3.63) is 24.3 Å². The van der Waals surface area contributed by atoms with Gasteiger partial charge < -0.3 is 15.0 Å². The molecule has 2 fully saturated rings. The van der Waals surface area contributed by atoms with Gasteiger partial charge in [0.1, 0.15) is 5.75 Å². The van der Waals surface area contributed by atoms with Crippen LogP contribution in [0.2, 0.25) is 0 Å². The van der Waals surface area contributed by atoms with E-state index in [1.165, 1.54) is 43.9 Å². The second-order valence-corrected chi connectivity index (χ2v) is 8.17. The van der Waals surface area contributed by atoms with Crippen LogP contribution in [0.1, 0.15) is 45.1 Å². The van der Waals surface area contributed by atoms with E-state index in [1.54, 1.807) is 0 Å². The molecule has 0 unspecified atom stereocenters. The third-order valence-electron chi connectivity index (χ3n) is 4.98. The summed E-state index contributed by atoms with van der Waals surface area (Å²) >= 11 is 1.46. The first kappa shape index (κ1) is 19.1. The molecular weight excluding hydrogens is 374 g/mol. The molecule has 1 saturated carbocycles. The monoisotopic (exact) mass is 401 g/mol. The minimum absolute atomic E-state index is 0.0426. The topological polar surface area (TPSA) is 72.3 Å². The Morgan fingerprint density at radius 3 is 2.61 bits per heavy atom. The van der Waals surface area contributed by atoms with Gasteiger partial charge in [-0.1, -0.05) is 11.8 Å². The van der Waals surface area contributed by atoms with Crippen molar-refractivity contribution in [3.8, 4) is 5.75 Å². The Morgan fingerprint density at radius 2 is 1.93 bits per heavy atom. The van der Waals surface area contributed by atoms with Crippen LogP contribution in [-0.2, 0) is 4.79 Å². The lowest BCUT2D eigenvalue weighted by molar-refractivity contribution is -0.113. The van der Waals surface area contributed by atoms with Gasteiger partial charge in [-0.25, -0.2) is 0 Å². The van der Waals surface area contributed by atoms with Gasteiger partial charge in [-0.05, 0) is 63.3 Å². The molecule has 0 atom stereocenters. The molecular formula is C20H27N5O2S. The first-order valence-corrected chi connectivity index (χ1v) is 11.1. The zero-order valence-corrected chi connectivity index (χ0v) is 17.1. The summed E-state index contributed by atoms with van der Waals surface area (Å²) in [5, 5.41) is 12.6. The number of ether oxygens (including phenoxy) is 1. The zero-order valence-electron chi connectivity index (χ0n) is 16.3. The van der Waals surface area contributed by atoms with Gasteiger partial charge in [-0.15, -0.1) is 10.2 Å². The normalized spacial score (nSPS) is 16.8. The number of hydrogen-bond donors (Lipinski definition) is 1. The summed E-state index contributed by atoms with van der Waals surface area (Å²) in [6.45, 7) is 4.68. The smallest absolute Gasteiger partial charge is 0.234 e. The summed E-state index contributed by atoms with van der Waals surface area (Å²) in [5.74, 6) is 2.06. The van der Waals surface area contributed by atoms with Crippen LogP contribution in [0.5, 0.6) is 5.75 Å². The van der Waals surface area contributed by atoms with Gasteiger partial charge in [-0.2, -0.15) is 0 Å². The number of nitrogens with zero attached hydrogens (tertiary/aromatic N) is 4. The number of benzene rings is 1. The van der Waals surface area contributed by atoms with Crippen molar-refractivity contribution in [2.75, 3.05) is 35.7 Å². The fourth-order valence-corrected chi connectivity index (χ4v) is 4.26. The molecule has 1 N–H and O–H groups in total. The largest absolute Gasteiger partial charge is 0.494 e. The summed E-state index contributed by atoms with van der Waals surface area (Å²) in [6, 6.07) is 7.93. The van der Waals surface area contributed by atoms with Gasteiger partial charge in [0, 0.05) is 24.8 Å². The second kappa shape index (κ2) is 8.86. The number of hydrogen-bond acceptors (Lipinski definition) is 6. The maximum atomic E-state index is 12.4. The number of aromatic nitrogens is 3. The Hall–Kier alpha value is -2.22. The number of carbonyl (C=O) groups is 1. The van der Waals surface area contributed by atoms with Crippen molar-refractivity contribution in [2.24, 2.45) is 0 Å². The molecule has 8 heteroatoms. The maximum absolute atomic E-state index is 12.4. The van der Waals surface area contributed by atoms with E-state index < -0.39 is 0 Å². The number of carbonyl (C=O) groups excluding carboxylic acids is 1. The molecule has 2 heterocycles. The number of piperidine rings is 1. The van der Waals surface area contributed by atoms with E-state index in [0.717, 1.165) is 35.6 Å². The average Bonchev–Trinajstić information content (AvgIpc) is 3.47. The number of nitrogens with one attached hydrogen (secondary N) is 1. The van der Waals surface area contributed by atoms with Gasteiger partial charge in [0.15, 0.2) is 5.16 Å². The first-order chi connectivity index (χ1) is 13.7. The molecule has 1 aliphatic carbocycles. The standard InChI is InChI=1S/C20H27N5O2S/c1-2-27-17-10-6-15(7-11-17)21-18(26)14-28-20-23-22-19(25(20)16-8-9-16)24-12-4-3-5-13-24/h6-7,10-11,16H,2-5,8-9,12-14H2,1H3,(H,21,26). The summed E-state index contributed by atoms with van der Waals surface area (Å²) < 4.78 is 7.68. The Kier molecular flexibility index (Phi) is 6.04. The fourth-order valence-electron chi connectivity index (χ4n) is 3.46. The van der Waals surface area contributed by atoms with Crippen molar-refractivity contribution in [1.29, 1.82) is 0 Å². The number of rotatable bonds is 8. The van der Waals surface area contributed by atoms with Crippen molar-refractivity contribution in [1.82, 2.24) is 14.8 Å². The summed E-state index contributed by atoms with van der Waals surface area (Å²) in [7, 11) is 0. The molecule has 1 aromatic heterocycles. The highest BCUT2D eigenvalue weighted by molar-refractivity contribution is 7.99. The summed E-state index contributed by atoms with van der Waals surface area (Å²) in [6.07, 6.45) is 6.06. The highest BCUT2D eigenvalue weighted by Crippen LogP contribution is 2.41. The minimum Gasteiger partial charge on any atom is -0.494 e. The lowest BCUT2D eigenvalue weighted by atomic mass is 10.1. The van der Waals surface area contributed by atoms with E-state index in [2.05, 4.69) is 25.0 Å². The molecule has 2 aliphatic rings. The van der Waals surface area contributed by atoms with Crippen LogP contribution in [0, 0.1) is 0 Å². The molecule has 150 valence electrons. The quantitative estimate of drug-likeness (QED) is 0.680. The Balaban J connectivity index is 1.36. The highest BCUT2D eigenvalue weighted by Gasteiger charge is 2.32. The lowest BCUT2D eigenvalue weighted by Gasteiger charge is -2.27. The average molecular weight is 402 g/mol. The van der Waals surface area contributed by atoms with Crippen LogP contribution in [0.4, 0.5) is 11.6 Å². The van der Waals surface area contributed by atoms with Crippen LogP contribution in [-0.4, -0.2) is 46.1 Å². The Labute approximate surface area is 169 Å². The molecule has 0 bridgehead atoms. The molecule has 1 amide bonds. The minimum atomic E-state index is -0.0426. The molecule has 28 heavy (non-hydrogen) atoms. The second-order valence-electron chi connectivity index (χ2n) is 7.23. The molecule has 4 rings (SSSR count). The highest BCUT2D eigenvalue weighted by atomic mass is 32.2. The number of anilines is 2. The van der Waals surface area contributed by atoms with E-state index in [-0.39, 0.29) is 5.91 Å². The Bertz CT molecular complexity index is 797. The molecule has 2 aromatic rings. The maximum Gasteiger partial charge on any atom is 0.234 e. The van der Waals surface area contributed by atoms with E-state index in [4.69, 9.17) is 4.74 Å². The van der Waals surface area contributed by atoms with Crippen molar-refractivity contribution >= 4 is 29.3 Å². The van der Waals surface area contributed by atoms with E-state index in [0.29, 0.717) is 18.4 Å². The molecule has 1 aromatic carbocycles. The molecule has 0 spiro atoms. The van der Waals surface area contributed by atoms with Crippen LogP contribution in [0.3, 0.4) is 0 Å². The van der Waals surface area contributed by atoms with E-state index >= 15 is 0 Å². The predicted molar refractivity (Wildman–Crippen MR) is 111 cm³/mol. The van der Waals surface area contributed by atoms with Crippen LogP contribution in [0.25, 0.3) is 0 Å². The van der Waals surface area contributed by atoms with Gasteiger partial charge in [-0.3, -0.25) is 9.36 Å².